The highest BCUT2D eigenvalue weighted by Gasteiger charge is 2.46. The van der Waals surface area contributed by atoms with Crippen LogP contribution in [0.5, 0.6) is 5.75 Å². The van der Waals surface area contributed by atoms with E-state index < -0.39 is 43.0 Å². The van der Waals surface area contributed by atoms with Crippen molar-refractivity contribution in [2.45, 2.75) is 37.7 Å². The molecule has 2 heterocycles. The summed E-state index contributed by atoms with van der Waals surface area (Å²) in [6.07, 6.45) is -8.00. The first-order valence-corrected chi connectivity index (χ1v) is 7.38. The van der Waals surface area contributed by atoms with Crippen molar-refractivity contribution in [3.05, 3.63) is 40.2 Å². The van der Waals surface area contributed by atoms with E-state index in [1.807, 2.05) is 0 Å². The molecule has 3 rings (SSSR count). The minimum atomic E-state index is -2.01. The lowest BCUT2D eigenvalue weighted by atomic mass is 10.0. The van der Waals surface area contributed by atoms with Gasteiger partial charge >= 0.3 is 5.63 Å². The van der Waals surface area contributed by atoms with E-state index in [0.717, 1.165) is 5.56 Å². The van der Waals surface area contributed by atoms with Crippen LogP contribution < -0.4 is 10.4 Å². The van der Waals surface area contributed by atoms with Gasteiger partial charge in [0.15, 0.2) is 6.17 Å². The van der Waals surface area contributed by atoms with Crippen LogP contribution in [-0.4, -0.2) is 52.7 Å². The summed E-state index contributed by atoms with van der Waals surface area (Å²) in [5.74, 6) is 0.157. The van der Waals surface area contributed by atoms with Gasteiger partial charge in [-0.15, -0.1) is 0 Å². The van der Waals surface area contributed by atoms with Crippen molar-refractivity contribution < 1.29 is 33.6 Å². The Morgan fingerprint density at radius 2 is 2.00 bits per heavy atom. The number of hydrogen-bond donors (Lipinski definition) is 3. The van der Waals surface area contributed by atoms with E-state index in [-0.39, 0.29) is 11.3 Å². The number of aliphatic hydroxyl groups is 3. The van der Waals surface area contributed by atoms with Crippen LogP contribution in [0.1, 0.15) is 5.56 Å². The molecule has 0 bridgehead atoms. The standard InChI is InChI=1S/C16H17FO7/c1-7-4-12(19)23-10-5-8(2-3-9(7)10)22-16-13(17)15(21)14(20)11(6-18)24-16/h2-5,11,13-16,18,20-21H,6H2,1H3/t11-,13-,14+,15-,16+/m1/s1. The van der Waals surface area contributed by atoms with Crippen molar-refractivity contribution in [3.63, 3.8) is 0 Å². The second-order valence-electron chi connectivity index (χ2n) is 5.68. The number of halogens is 1. The molecule has 0 saturated carbocycles. The SMILES string of the molecule is Cc1cc(=O)oc2cc(O[C@H]3O[C@H](CO)[C@H](O)[C@H](O)[C@H]3F)ccc12. The summed E-state index contributed by atoms with van der Waals surface area (Å²) in [4.78, 5) is 11.4. The van der Waals surface area contributed by atoms with Gasteiger partial charge in [0.2, 0.25) is 6.29 Å². The first-order chi connectivity index (χ1) is 11.4. The summed E-state index contributed by atoms with van der Waals surface area (Å²) in [7, 11) is 0. The van der Waals surface area contributed by atoms with Crippen LogP contribution in [0.25, 0.3) is 11.0 Å². The molecule has 24 heavy (non-hydrogen) atoms. The van der Waals surface area contributed by atoms with Gasteiger partial charge in [-0.05, 0) is 24.6 Å². The van der Waals surface area contributed by atoms with Crippen LogP contribution in [0, 0.1) is 6.92 Å². The predicted molar refractivity (Wildman–Crippen MR) is 80.5 cm³/mol. The normalized spacial score (nSPS) is 30.5. The van der Waals surface area contributed by atoms with Crippen LogP contribution in [0.3, 0.4) is 0 Å². The first kappa shape index (κ1) is 16.8. The second kappa shape index (κ2) is 6.48. The van der Waals surface area contributed by atoms with Gasteiger partial charge in [0, 0.05) is 17.5 Å². The molecule has 1 saturated heterocycles. The molecule has 1 aliphatic heterocycles. The Balaban J connectivity index is 1.87. The number of aryl methyl sites for hydroxylation is 1. The van der Waals surface area contributed by atoms with E-state index in [4.69, 9.17) is 19.0 Å². The van der Waals surface area contributed by atoms with Gasteiger partial charge in [-0.1, -0.05) is 0 Å². The Labute approximate surface area is 135 Å². The molecule has 2 aromatic rings. The van der Waals surface area contributed by atoms with E-state index in [1.54, 1.807) is 13.0 Å². The number of aliphatic hydroxyl groups excluding tert-OH is 3. The summed E-state index contributed by atoms with van der Waals surface area (Å²) in [5, 5.41) is 29.1. The van der Waals surface area contributed by atoms with Gasteiger partial charge in [-0.3, -0.25) is 0 Å². The van der Waals surface area contributed by atoms with Crippen LogP contribution in [-0.2, 0) is 4.74 Å². The number of rotatable bonds is 3. The average Bonchev–Trinajstić information content (AvgIpc) is 2.55. The summed E-state index contributed by atoms with van der Waals surface area (Å²) >= 11 is 0. The van der Waals surface area contributed by atoms with Gasteiger partial charge < -0.3 is 29.2 Å². The Kier molecular flexibility index (Phi) is 4.55. The quantitative estimate of drug-likeness (QED) is 0.688. The zero-order valence-electron chi connectivity index (χ0n) is 12.8. The molecule has 5 atom stereocenters. The Hall–Kier alpha value is -2.00. The minimum Gasteiger partial charge on any atom is -0.461 e. The summed E-state index contributed by atoms with van der Waals surface area (Å²) in [6, 6.07) is 5.95. The van der Waals surface area contributed by atoms with Crippen molar-refractivity contribution in [2.24, 2.45) is 0 Å². The molecule has 1 aromatic heterocycles. The second-order valence-corrected chi connectivity index (χ2v) is 5.68. The fourth-order valence-electron chi connectivity index (χ4n) is 2.65. The Morgan fingerprint density at radius 3 is 2.71 bits per heavy atom. The predicted octanol–water partition coefficient (Wildman–Crippen LogP) is 0.257. The molecular weight excluding hydrogens is 323 g/mol. The number of hydrogen-bond acceptors (Lipinski definition) is 7. The zero-order chi connectivity index (χ0) is 17.4. The third kappa shape index (κ3) is 3.01. The number of alkyl halides is 1. The third-order valence-corrected chi connectivity index (χ3v) is 3.98. The average molecular weight is 340 g/mol. The smallest absolute Gasteiger partial charge is 0.336 e. The lowest BCUT2D eigenvalue weighted by Crippen LogP contribution is -2.58. The first-order valence-electron chi connectivity index (χ1n) is 7.38. The molecule has 1 aliphatic rings. The fourth-order valence-corrected chi connectivity index (χ4v) is 2.65. The minimum absolute atomic E-state index is 0.157. The van der Waals surface area contributed by atoms with E-state index in [2.05, 4.69) is 0 Å². The van der Waals surface area contributed by atoms with Crippen LogP contribution in [0.2, 0.25) is 0 Å². The molecule has 1 aromatic carbocycles. The monoisotopic (exact) mass is 340 g/mol. The topological polar surface area (TPSA) is 109 Å². The molecule has 0 amide bonds. The van der Waals surface area contributed by atoms with Crippen molar-refractivity contribution in [1.82, 2.24) is 0 Å². The van der Waals surface area contributed by atoms with E-state index in [0.29, 0.717) is 5.39 Å². The molecule has 3 N–H and O–H groups in total. The summed E-state index contributed by atoms with van der Waals surface area (Å²) in [5.41, 5.74) is 0.473. The van der Waals surface area contributed by atoms with Gasteiger partial charge in [0.05, 0.1) is 6.61 Å². The lowest BCUT2D eigenvalue weighted by Gasteiger charge is -2.38. The van der Waals surface area contributed by atoms with Crippen molar-refractivity contribution >= 4 is 11.0 Å². The lowest BCUT2D eigenvalue weighted by molar-refractivity contribution is -0.261. The van der Waals surface area contributed by atoms with Crippen molar-refractivity contribution in [1.29, 1.82) is 0 Å². The molecular formula is C16H17FO7. The highest BCUT2D eigenvalue weighted by Crippen LogP contribution is 2.28. The van der Waals surface area contributed by atoms with Crippen molar-refractivity contribution in [2.75, 3.05) is 6.61 Å². The molecule has 0 unspecified atom stereocenters. The van der Waals surface area contributed by atoms with Crippen LogP contribution in [0.15, 0.2) is 33.5 Å². The molecule has 0 radical (unpaired) electrons. The van der Waals surface area contributed by atoms with Gasteiger partial charge in [0.25, 0.3) is 0 Å². The van der Waals surface area contributed by atoms with E-state index in [9.17, 15) is 19.4 Å². The maximum absolute atomic E-state index is 14.1. The van der Waals surface area contributed by atoms with Crippen LogP contribution >= 0.6 is 0 Å². The van der Waals surface area contributed by atoms with E-state index in [1.165, 1.54) is 18.2 Å². The van der Waals surface area contributed by atoms with Gasteiger partial charge in [-0.2, -0.15) is 0 Å². The van der Waals surface area contributed by atoms with Crippen LogP contribution in [0.4, 0.5) is 4.39 Å². The number of benzene rings is 1. The molecule has 0 spiro atoms. The number of ether oxygens (including phenoxy) is 2. The number of fused-ring (bicyclic) bond motifs is 1. The largest absolute Gasteiger partial charge is 0.461 e. The van der Waals surface area contributed by atoms with Gasteiger partial charge in [0.1, 0.15) is 29.6 Å². The Bertz CT molecular complexity index is 788. The highest BCUT2D eigenvalue weighted by atomic mass is 19.1. The molecule has 7 nitrogen and oxygen atoms in total. The Morgan fingerprint density at radius 1 is 1.25 bits per heavy atom. The maximum atomic E-state index is 14.1. The molecule has 130 valence electrons. The molecule has 1 fully saturated rings. The summed E-state index contributed by atoms with van der Waals surface area (Å²) in [6.45, 7) is 1.15. The van der Waals surface area contributed by atoms with Gasteiger partial charge in [-0.25, -0.2) is 9.18 Å². The molecule has 0 aliphatic carbocycles. The zero-order valence-corrected chi connectivity index (χ0v) is 12.8. The molecule has 8 heteroatoms. The van der Waals surface area contributed by atoms with E-state index >= 15 is 0 Å². The van der Waals surface area contributed by atoms with Crippen molar-refractivity contribution in [3.8, 4) is 5.75 Å². The third-order valence-electron chi connectivity index (χ3n) is 3.98. The fraction of sp³-hybridized carbons (Fsp3) is 0.438. The summed E-state index contributed by atoms with van der Waals surface area (Å²) < 4.78 is 29.7. The maximum Gasteiger partial charge on any atom is 0.336 e. The highest BCUT2D eigenvalue weighted by molar-refractivity contribution is 5.81.